The van der Waals surface area contributed by atoms with Crippen molar-refractivity contribution in [3.05, 3.63) is 108 Å². The molecule has 1 N–H and O–H groups in total. The Balaban J connectivity index is 1.48. The smallest absolute Gasteiger partial charge is 0.231 e. The molecule has 0 saturated heterocycles. The predicted octanol–water partition coefficient (Wildman–Crippen LogP) is 4.40. The van der Waals surface area contributed by atoms with Gasteiger partial charge >= 0.3 is 0 Å². The number of thioether (sulfide) groups is 1. The third-order valence-corrected chi connectivity index (χ3v) is 5.48. The van der Waals surface area contributed by atoms with Crippen molar-refractivity contribution in [2.75, 3.05) is 5.75 Å². The van der Waals surface area contributed by atoms with Gasteiger partial charge in [-0.25, -0.2) is 4.39 Å². The number of para-hydroxylation sites is 1. The van der Waals surface area contributed by atoms with E-state index in [9.17, 15) is 9.18 Å². The highest BCUT2D eigenvalue weighted by atomic mass is 32.2. The van der Waals surface area contributed by atoms with Crippen LogP contribution in [0.5, 0.6) is 0 Å². The van der Waals surface area contributed by atoms with E-state index in [1.54, 1.807) is 22.8 Å². The quantitative estimate of drug-likeness (QED) is 0.452. The number of halogens is 1. The average Bonchev–Trinajstić information content (AvgIpc) is 3.26. The fourth-order valence-electron chi connectivity index (χ4n) is 3.12. The van der Waals surface area contributed by atoms with E-state index in [0.717, 1.165) is 11.1 Å². The number of nitrogens with zero attached hydrogens (tertiary/aromatic N) is 3. The first-order valence-corrected chi connectivity index (χ1v) is 10.4. The number of rotatable bonds is 7. The molecule has 1 aromatic heterocycles. The summed E-state index contributed by atoms with van der Waals surface area (Å²) in [4.78, 5) is 12.7. The van der Waals surface area contributed by atoms with Crippen LogP contribution in [0.15, 0.2) is 96.4 Å². The largest absolute Gasteiger partial charge is 0.344 e. The Labute approximate surface area is 178 Å². The summed E-state index contributed by atoms with van der Waals surface area (Å²) in [6.45, 7) is 0. The molecule has 30 heavy (non-hydrogen) atoms. The van der Waals surface area contributed by atoms with E-state index < -0.39 is 0 Å². The van der Waals surface area contributed by atoms with E-state index in [1.165, 1.54) is 24.2 Å². The number of carbonyl (C=O) groups excluding carboxylic acids is 1. The van der Waals surface area contributed by atoms with Gasteiger partial charge in [0, 0.05) is 0 Å². The maximum atomic E-state index is 14.1. The first-order valence-electron chi connectivity index (χ1n) is 9.39. The summed E-state index contributed by atoms with van der Waals surface area (Å²) in [5.74, 6) is -0.402. The zero-order valence-electron chi connectivity index (χ0n) is 16.0. The van der Waals surface area contributed by atoms with Crippen molar-refractivity contribution in [2.24, 2.45) is 0 Å². The van der Waals surface area contributed by atoms with Gasteiger partial charge in [-0.2, -0.15) is 0 Å². The third-order valence-electron chi connectivity index (χ3n) is 4.53. The van der Waals surface area contributed by atoms with Crippen LogP contribution >= 0.6 is 11.8 Å². The Hall–Kier alpha value is -3.45. The molecule has 0 spiro atoms. The molecule has 1 amide bonds. The van der Waals surface area contributed by atoms with E-state index in [1.807, 2.05) is 60.7 Å². The van der Waals surface area contributed by atoms with Gasteiger partial charge in [0.25, 0.3) is 0 Å². The lowest BCUT2D eigenvalue weighted by Crippen LogP contribution is -2.30. The van der Waals surface area contributed by atoms with Crippen molar-refractivity contribution in [1.82, 2.24) is 20.1 Å². The van der Waals surface area contributed by atoms with Crippen molar-refractivity contribution >= 4 is 17.7 Å². The normalized spacial score (nSPS) is 10.9. The average molecular weight is 418 g/mol. The predicted molar refractivity (Wildman–Crippen MR) is 115 cm³/mol. The Kier molecular flexibility index (Phi) is 6.20. The molecule has 0 bridgehead atoms. The fourth-order valence-corrected chi connectivity index (χ4v) is 3.85. The van der Waals surface area contributed by atoms with Crippen molar-refractivity contribution in [2.45, 2.75) is 11.2 Å². The first-order chi connectivity index (χ1) is 14.7. The van der Waals surface area contributed by atoms with Crippen LogP contribution in [0.25, 0.3) is 5.69 Å². The lowest BCUT2D eigenvalue weighted by molar-refractivity contribution is -0.119. The summed E-state index contributed by atoms with van der Waals surface area (Å²) < 4.78 is 15.7. The Morgan fingerprint density at radius 3 is 2.17 bits per heavy atom. The molecule has 0 atom stereocenters. The Morgan fingerprint density at radius 1 is 0.933 bits per heavy atom. The minimum atomic E-state index is -0.378. The number of hydrogen-bond acceptors (Lipinski definition) is 4. The lowest BCUT2D eigenvalue weighted by Gasteiger charge is -2.19. The summed E-state index contributed by atoms with van der Waals surface area (Å²) in [5.41, 5.74) is 2.34. The first kappa shape index (κ1) is 19.8. The van der Waals surface area contributed by atoms with E-state index in [4.69, 9.17) is 0 Å². The van der Waals surface area contributed by atoms with Crippen molar-refractivity contribution < 1.29 is 9.18 Å². The summed E-state index contributed by atoms with van der Waals surface area (Å²) >= 11 is 1.21. The Morgan fingerprint density at radius 2 is 1.53 bits per heavy atom. The maximum absolute atomic E-state index is 14.1. The molecule has 150 valence electrons. The third kappa shape index (κ3) is 4.58. The number of amides is 1. The van der Waals surface area contributed by atoms with Crippen LogP contribution in [0.2, 0.25) is 0 Å². The Bertz CT molecular complexity index is 1080. The molecule has 0 aliphatic rings. The zero-order valence-corrected chi connectivity index (χ0v) is 16.8. The highest BCUT2D eigenvalue weighted by Gasteiger charge is 2.18. The number of benzene rings is 3. The van der Waals surface area contributed by atoms with E-state index in [-0.39, 0.29) is 23.5 Å². The van der Waals surface area contributed by atoms with Gasteiger partial charge in [-0.3, -0.25) is 9.36 Å². The second kappa shape index (κ2) is 9.37. The summed E-state index contributed by atoms with van der Waals surface area (Å²) in [7, 11) is 0. The molecule has 0 radical (unpaired) electrons. The number of aromatic nitrogens is 3. The molecule has 0 saturated carbocycles. The van der Waals surface area contributed by atoms with Crippen molar-refractivity contribution in [3.8, 4) is 5.69 Å². The SMILES string of the molecule is O=C(CSc1nncn1-c1ccccc1F)NC(c1ccccc1)c1ccccc1. The van der Waals surface area contributed by atoms with Gasteiger partial charge in [-0.05, 0) is 23.3 Å². The highest BCUT2D eigenvalue weighted by molar-refractivity contribution is 7.99. The van der Waals surface area contributed by atoms with Gasteiger partial charge in [-0.15, -0.1) is 10.2 Å². The molecule has 1 heterocycles. The molecule has 0 aliphatic heterocycles. The standard InChI is InChI=1S/C23H19FN4OS/c24-19-13-7-8-14-20(19)28-16-25-27-23(28)30-15-21(29)26-22(17-9-3-1-4-10-17)18-11-5-2-6-12-18/h1-14,16,22H,15H2,(H,26,29). The molecule has 4 aromatic rings. The second-order valence-electron chi connectivity index (χ2n) is 6.55. The van der Waals surface area contributed by atoms with Crippen LogP contribution in [0.3, 0.4) is 0 Å². The van der Waals surface area contributed by atoms with Crippen LogP contribution in [-0.4, -0.2) is 26.4 Å². The van der Waals surface area contributed by atoms with Crippen molar-refractivity contribution in [1.29, 1.82) is 0 Å². The molecule has 5 nitrogen and oxygen atoms in total. The van der Waals surface area contributed by atoms with E-state index in [2.05, 4.69) is 15.5 Å². The molecule has 7 heteroatoms. The van der Waals surface area contributed by atoms with E-state index in [0.29, 0.717) is 10.8 Å². The molecule has 0 unspecified atom stereocenters. The lowest BCUT2D eigenvalue weighted by atomic mass is 9.99. The zero-order chi connectivity index (χ0) is 20.8. The minimum absolute atomic E-state index is 0.128. The van der Waals surface area contributed by atoms with Crippen LogP contribution in [-0.2, 0) is 4.79 Å². The maximum Gasteiger partial charge on any atom is 0.231 e. The fraction of sp³-hybridized carbons (Fsp3) is 0.0870. The molecule has 4 rings (SSSR count). The molecular formula is C23H19FN4OS. The van der Waals surface area contributed by atoms with Crippen molar-refractivity contribution in [3.63, 3.8) is 0 Å². The minimum Gasteiger partial charge on any atom is -0.344 e. The van der Waals surface area contributed by atoms with E-state index >= 15 is 0 Å². The molecule has 0 aliphatic carbocycles. The van der Waals surface area contributed by atoms with Gasteiger partial charge in [0.2, 0.25) is 5.91 Å². The van der Waals surface area contributed by atoms with Crippen LogP contribution < -0.4 is 5.32 Å². The molecular weight excluding hydrogens is 399 g/mol. The van der Waals surface area contributed by atoms with Gasteiger partial charge < -0.3 is 5.32 Å². The van der Waals surface area contributed by atoms with Gasteiger partial charge in [0.1, 0.15) is 12.1 Å². The number of nitrogens with one attached hydrogen (secondary N) is 1. The molecule has 3 aromatic carbocycles. The van der Waals surface area contributed by atoms with Gasteiger partial charge in [0.05, 0.1) is 17.5 Å². The summed E-state index contributed by atoms with van der Waals surface area (Å²) in [5, 5.41) is 11.4. The monoisotopic (exact) mass is 418 g/mol. The van der Waals surface area contributed by atoms with Crippen LogP contribution in [0, 0.1) is 5.82 Å². The topological polar surface area (TPSA) is 59.8 Å². The number of carbonyl (C=O) groups is 1. The summed E-state index contributed by atoms with van der Waals surface area (Å²) in [6.07, 6.45) is 1.44. The van der Waals surface area contributed by atoms with Crippen LogP contribution in [0.4, 0.5) is 4.39 Å². The van der Waals surface area contributed by atoms with Crippen LogP contribution in [0.1, 0.15) is 17.2 Å². The summed E-state index contributed by atoms with van der Waals surface area (Å²) in [6, 6.07) is 25.7. The number of hydrogen-bond donors (Lipinski definition) is 1. The second-order valence-corrected chi connectivity index (χ2v) is 7.49. The van der Waals surface area contributed by atoms with Gasteiger partial charge in [-0.1, -0.05) is 84.6 Å². The molecule has 0 fully saturated rings. The van der Waals surface area contributed by atoms with Gasteiger partial charge in [0.15, 0.2) is 5.16 Å². The highest BCUT2D eigenvalue weighted by Crippen LogP contribution is 2.24.